The summed E-state index contributed by atoms with van der Waals surface area (Å²) in [6.07, 6.45) is 3.40. The van der Waals surface area contributed by atoms with Gasteiger partial charge in [0.05, 0.1) is 16.4 Å². The fraction of sp³-hybridized carbons (Fsp3) is 0.400. The Hall–Kier alpha value is -1.13. The van der Waals surface area contributed by atoms with Crippen molar-refractivity contribution in [1.82, 2.24) is 9.78 Å². The van der Waals surface area contributed by atoms with E-state index in [-0.39, 0.29) is 0 Å². The number of hydrogen-bond donors (Lipinski definition) is 1. The minimum Gasteiger partial charge on any atom is -0.379 e. The number of aromatic nitrogens is 2. The zero-order valence-corrected chi connectivity index (χ0v) is 12.7. The van der Waals surface area contributed by atoms with Crippen molar-refractivity contribution >= 4 is 15.9 Å². The topological polar surface area (TPSA) is 38.0 Å². The molecule has 3 rings (SSSR count). The van der Waals surface area contributed by atoms with E-state index < -0.39 is 5.60 Å². The normalized spacial score (nSPS) is 21.7. The summed E-state index contributed by atoms with van der Waals surface area (Å²) in [5.41, 5.74) is 3.40. The van der Waals surface area contributed by atoms with Gasteiger partial charge < -0.3 is 5.11 Å². The first kappa shape index (κ1) is 12.9. The molecule has 0 fully saturated rings. The third-order valence-electron chi connectivity index (χ3n) is 3.95. The van der Waals surface area contributed by atoms with Crippen molar-refractivity contribution in [2.75, 3.05) is 0 Å². The Morgan fingerprint density at radius 1 is 1.47 bits per heavy atom. The lowest BCUT2D eigenvalue weighted by Gasteiger charge is -2.26. The van der Waals surface area contributed by atoms with Crippen LogP contribution in [0.15, 0.2) is 28.9 Å². The Morgan fingerprint density at radius 2 is 2.26 bits per heavy atom. The van der Waals surface area contributed by atoms with Crippen molar-refractivity contribution in [3.8, 4) is 0 Å². The first-order valence-corrected chi connectivity index (χ1v) is 7.39. The van der Waals surface area contributed by atoms with Crippen LogP contribution in [0.1, 0.15) is 35.7 Å². The summed E-state index contributed by atoms with van der Waals surface area (Å²) in [6.45, 7) is 4.86. The highest BCUT2D eigenvalue weighted by molar-refractivity contribution is 9.10. The van der Waals surface area contributed by atoms with Crippen molar-refractivity contribution < 1.29 is 5.11 Å². The van der Waals surface area contributed by atoms with E-state index in [2.05, 4.69) is 46.2 Å². The van der Waals surface area contributed by atoms with Gasteiger partial charge in [-0.25, -0.2) is 0 Å². The Kier molecular flexibility index (Phi) is 3.02. The second kappa shape index (κ2) is 4.46. The summed E-state index contributed by atoms with van der Waals surface area (Å²) in [6, 6.07) is 6.34. The van der Waals surface area contributed by atoms with E-state index in [1.165, 1.54) is 11.1 Å². The van der Waals surface area contributed by atoms with Crippen molar-refractivity contribution in [3.63, 3.8) is 0 Å². The van der Waals surface area contributed by atoms with E-state index in [4.69, 9.17) is 0 Å². The Labute approximate surface area is 121 Å². The van der Waals surface area contributed by atoms with Gasteiger partial charge >= 0.3 is 0 Å². The van der Waals surface area contributed by atoms with Crippen LogP contribution in [0.4, 0.5) is 0 Å². The molecule has 1 aromatic carbocycles. The van der Waals surface area contributed by atoms with Crippen LogP contribution in [-0.2, 0) is 18.6 Å². The van der Waals surface area contributed by atoms with Gasteiger partial charge in [0.25, 0.3) is 0 Å². The summed E-state index contributed by atoms with van der Waals surface area (Å²) < 4.78 is 2.76. The quantitative estimate of drug-likeness (QED) is 0.923. The molecule has 19 heavy (non-hydrogen) atoms. The summed E-state index contributed by atoms with van der Waals surface area (Å²) in [4.78, 5) is 0. The van der Waals surface area contributed by atoms with E-state index in [0.29, 0.717) is 0 Å². The van der Waals surface area contributed by atoms with Crippen LogP contribution in [0.25, 0.3) is 0 Å². The lowest BCUT2D eigenvalue weighted by molar-refractivity contribution is 0.0721. The van der Waals surface area contributed by atoms with Crippen molar-refractivity contribution in [2.24, 2.45) is 0 Å². The highest BCUT2D eigenvalue weighted by Gasteiger charge is 2.42. The zero-order chi connectivity index (χ0) is 13.6. The third kappa shape index (κ3) is 1.85. The first-order chi connectivity index (χ1) is 9.06. The molecule has 1 aliphatic carbocycles. The number of fused-ring (bicyclic) bond motifs is 1. The molecule has 4 heteroatoms. The van der Waals surface area contributed by atoms with Gasteiger partial charge in [-0.2, -0.15) is 5.10 Å². The predicted molar refractivity (Wildman–Crippen MR) is 78.1 cm³/mol. The molecule has 0 amide bonds. The second-order valence-corrected chi connectivity index (χ2v) is 6.03. The van der Waals surface area contributed by atoms with E-state index in [0.717, 1.165) is 35.1 Å². The number of benzene rings is 1. The SMILES string of the molecule is CCn1ncc(Br)c1C1(O)CCc2ccc(C)cc21. The number of halogens is 1. The van der Waals surface area contributed by atoms with Crippen LogP contribution >= 0.6 is 15.9 Å². The lowest BCUT2D eigenvalue weighted by Crippen LogP contribution is -2.28. The van der Waals surface area contributed by atoms with E-state index in [9.17, 15) is 5.11 Å². The lowest BCUT2D eigenvalue weighted by atomic mass is 9.91. The molecule has 0 saturated heterocycles. The van der Waals surface area contributed by atoms with Crippen molar-refractivity contribution in [2.45, 2.75) is 38.8 Å². The number of hydrogen-bond acceptors (Lipinski definition) is 2. The van der Waals surface area contributed by atoms with Crippen LogP contribution < -0.4 is 0 Å². The fourth-order valence-corrected chi connectivity index (χ4v) is 3.63. The number of aliphatic hydroxyl groups is 1. The molecule has 1 unspecified atom stereocenters. The van der Waals surface area contributed by atoms with Crippen molar-refractivity contribution in [3.05, 3.63) is 51.3 Å². The predicted octanol–water partition coefficient (Wildman–Crippen LogP) is 3.16. The molecule has 1 aliphatic rings. The van der Waals surface area contributed by atoms with E-state index in [1.807, 2.05) is 11.6 Å². The van der Waals surface area contributed by atoms with Crippen LogP contribution in [0, 0.1) is 6.92 Å². The monoisotopic (exact) mass is 320 g/mol. The molecule has 0 bridgehead atoms. The second-order valence-electron chi connectivity index (χ2n) is 5.18. The molecule has 3 nitrogen and oxygen atoms in total. The molecule has 1 N–H and O–H groups in total. The molecular formula is C15H17BrN2O. The molecule has 0 spiro atoms. The minimum absolute atomic E-state index is 0.718. The van der Waals surface area contributed by atoms with Gasteiger partial charge in [-0.1, -0.05) is 23.8 Å². The van der Waals surface area contributed by atoms with Gasteiger partial charge in [-0.3, -0.25) is 4.68 Å². The molecular weight excluding hydrogens is 304 g/mol. The van der Waals surface area contributed by atoms with Gasteiger partial charge in [-0.05, 0) is 53.7 Å². The van der Waals surface area contributed by atoms with Crippen LogP contribution in [0.5, 0.6) is 0 Å². The van der Waals surface area contributed by atoms with Gasteiger partial charge in [0.15, 0.2) is 0 Å². The molecule has 1 heterocycles. The average molecular weight is 321 g/mol. The zero-order valence-electron chi connectivity index (χ0n) is 11.2. The first-order valence-electron chi connectivity index (χ1n) is 6.60. The number of aryl methyl sites for hydroxylation is 3. The molecule has 1 aromatic heterocycles. The van der Waals surface area contributed by atoms with Crippen molar-refractivity contribution in [1.29, 1.82) is 0 Å². The minimum atomic E-state index is -0.924. The van der Waals surface area contributed by atoms with Crippen LogP contribution in [0.2, 0.25) is 0 Å². The van der Waals surface area contributed by atoms with E-state index in [1.54, 1.807) is 6.20 Å². The Bertz CT molecular complexity index is 635. The summed E-state index contributed by atoms with van der Waals surface area (Å²) in [7, 11) is 0. The standard InChI is InChI=1S/C15H17BrN2O/c1-3-18-14(13(16)9-17-18)15(19)7-6-11-5-4-10(2)8-12(11)15/h4-5,8-9,19H,3,6-7H2,1-2H3. The largest absolute Gasteiger partial charge is 0.379 e. The molecule has 100 valence electrons. The maximum absolute atomic E-state index is 11.2. The molecule has 0 aliphatic heterocycles. The average Bonchev–Trinajstić information content (AvgIpc) is 2.92. The Balaban J connectivity index is 2.21. The summed E-state index contributed by atoms with van der Waals surface area (Å²) in [5, 5.41) is 15.6. The van der Waals surface area contributed by atoms with Gasteiger partial charge in [-0.15, -0.1) is 0 Å². The highest BCUT2D eigenvalue weighted by atomic mass is 79.9. The molecule has 0 saturated carbocycles. The molecule has 0 radical (unpaired) electrons. The fourth-order valence-electron chi connectivity index (χ4n) is 3.00. The molecule has 1 atom stereocenters. The highest BCUT2D eigenvalue weighted by Crippen LogP contribution is 2.44. The van der Waals surface area contributed by atoms with Gasteiger partial charge in [0.1, 0.15) is 5.60 Å². The number of nitrogens with zero attached hydrogens (tertiary/aromatic N) is 2. The smallest absolute Gasteiger partial charge is 0.133 e. The Morgan fingerprint density at radius 3 is 3.00 bits per heavy atom. The van der Waals surface area contributed by atoms with Crippen LogP contribution in [0.3, 0.4) is 0 Å². The van der Waals surface area contributed by atoms with Gasteiger partial charge in [0, 0.05) is 6.54 Å². The molecule has 2 aromatic rings. The third-order valence-corrected chi connectivity index (χ3v) is 4.53. The van der Waals surface area contributed by atoms with Gasteiger partial charge in [0.2, 0.25) is 0 Å². The van der Waals surface area contributed by atoms with E-state index >= 15 is 0 Å². The van der Waals surface area contributed by atoms with Crippen LogP contribution in [-0.4, -0.2) is 14.9 Å². The number of rotatable bonds is 2. The summed E-state index contributed by atoms with van der Waals surface area (Å²) >= 11 is 3.53. The maximum atomic E-state index is 11.2. The maximum Gasteiger partial charge on any atom is 0.133 e. The summed E-state index contributed by atoms with van der Waals surface area (Å²) in [5.74, 6) is 0.